The summed E-state index contributed by atoms with van der Waals surface area (Å²) in [6, 6.07) is 0. The fourth-order valence-corrected chi connectivity index (χ4v) is 2.34. The van der Waals surface area contributed by atoms with E-state index in [1.165, 1.54) is 17.9 Å². The molecule has 1 fully saturated rings. The molecular weight excluding hydrogens is 118 g/mol. The number of hydrogen-bond acceptors (Lipinski definition) is 2. The maximum atomic E-state index is 3.32. The Kier molecular flexibility index (Phi) is 1.83. The van der Waals surface area contributed by atoms with Gasteiger partial charge in [0.25, 0.3) is 0 Å². The number of thioether (sulfide) groups is 1. The minimum Gasteiger partial charge on any atom is -0.314 e. The van der Waals surface area contributed by atoms with Crippen molar-refractivity contribution in [3.05, 3.63) is 0 Å². The van der Waals surface area contributed by atoms with Crippen LogP contribution in [-0.2, 0) is 0 Å². The smallest absolute Gasteiger partial charge is 0.0248 e. The second-order valence-electron chi connectivity index (χ2n) is 2.61. The van der Waals surface area contributed by atoms with Gasteiger partial charge in [0, 0.05) is 11.3 Å². The Morgan fingerprint density at radius 1 is 1.62 bits per heavy atom. The maximum Gasteiger partial charge on any atom is 0.0248 e. The summed E-state index contributed by atoms with van der Waals surface area (Å²) in [6.45, 7) is 2.28. The summed E-state index contributed by atoms with van der Waals surface area (Å²) in [6.07, 6.45) is 1.33. The molecule has 1 aliphatic heterocycles. The molecule has 0 radical (unpaired) electrons. The second kappa shape index (κ2) is 2.28. The van der Waals surface area contributed by atoms with Crippen molar-refractivity contribution in [1.82, 2.24) is 5.32 Å². The van der Waals surface area contributed by atoms with Gasteiger partial charge in [-0.3, -0.25) is 0 Å². The molecule has 1 heterocycles. The van der Waals surface area contributed by atoms with Crippen LogP contribution in [0.3, 0.4) is 0 Å². The van der Waals surface area contributed by atoms with Gasteiger partial charge in [-0.2, -0.15) is 11.8 Å². The lowest BCUT2D eigenvalue weighted by atomic mass is 10.0. The highest BCUT2D eigenvalue weighted by atomic mass is 32.2. The first-order chi connectivity index (χ1) is 3.77. The van der Waals surface area contributed by atoms with E-state index < -0.39 is 0 Å². The lowest BCUT2D eigenvalue weighted by Gasteiger charge is -2.20. The molecule has 0 aromatic carbocycles. The molecule has 0 aromatic rings. The van der Waals surface area contributed by atoms with Gasteiger partial charge in [-0.25, -0.2) is 0 Å². The largest absolute Gasteiger partial charge is 0.314 e. The zero-order valence-electron chi connectivity index (χ0n) is 5.53. The predicted molar refractivity (Wildman–Crippen MR) is 39.4 cm³/mol. The summed E-state index contributed by atoms with van der Waals surface area (Å²) in [7, 11) is 2.05. The first-order valence-corrected chi connectivity index (χ1v) is 4.19. The summed E-state index contributed by atoms with van der Waals surface area (Å²) in [5.74, 6) is 2.61. The van der Waals surface area contributed by atoms with E-state index in [4.69, 9.17) is 0 Å². The van der Waals surface area contributed by atoms with E-state index in [-0.39, 0.29) is 0 Å². The van der Waals surface area contributed by atoms with Gasteiger partial charge in [-0.15, -0.1) is 0 Å². The van der Waals surface area contributed by atoms with Crippen LogP contribution in [0.4, 0.5) is 0 Å². The minimum absolute atomic E-state index is 0.449. The molecular formula is C6H13NS. The van der Waals surface area contributed by atoms with Crippen LogP contribution in [0.5, 0.6) is 0 Å². The third-order valence-corrected chi connectivity index (χ3v) is 3.16. The molecule has 2 heteroatoms. The van der Waals surface area contributed by atoms with Crippen molar-refractivity contribution >= 4 is 11.8 Å². The van der Waals surface area contributed by atoms with Crippen LogP contribution < -0.4 is 5.32 Å². The van der Waals surface area contributed by atoms with Crippen molar-refractivity contribution in [2.24, 2.45) is 0 Å². The fourth-order valence-electron chi connectivity index (χ4n) is 0.864. The van der Waals surface area contributed by atoms with Gasteiger partial charge >= 0.3 is 0 Å². The monoisotopic (exact) mass is 131 g/mol. The Labute approximate surface area is 55.2 Å². The second-order valence-corrected chi connectivity index (χ2v) is 3.72. The number of hydrogen-bond donors (Lipinski definition) is 1. The van der Waals surface area contributed by atoms with E-state index in [9.17, 15) is 0 Å². The lowest BCUT2D eigenvalue weighted by Crippen LogP contribution is -2.39. The van der Waals surface area contributed by atoms with E-state index in [1.54, 1.807) is 0 Å². The van der Waals surface area contributed by atoms with Crippen LogP contribution in [0.15, 0.2) is 0 Å². The van der Waals surface area contributed by atoms with Crippen LogP contribution in [-0.4, -0.2) is 24.1 Å². The fraction of sp³-hybridized carbons (Fsp3) is 1.00. The Hall–Kier alpha value is 0.310. The average molecular weight is 131 g/mol. The molecule has 1 atom stereocenters. The minimum atomic E-state index is 0.449. The normalized spacial score (nSPS) is 38.2. The zero-order valence-corrected chi connectivity index (χ0v) is 6.35. The Morgan fingerprint density at radius 3 is 2.62 bits per heavy atom. The Morgan fingerprint density at radius 2 is 2.38 bits per heavy atom. The standard InChI is InChI=1S/C6H13NS/c1-6(7-2)3-4-8-5-6/h7H,3-5H2,1-2H3/t6-/m0/s1. The van der Waals surface area contributed by atoms with E-state index >= 15 is 0 Å². The predicted octanol–water partition coefficient (Wildman–Crippen LogP) is 1.10. The molecule has 0 aliphatic carbocycles. The first kappa shape index (κ1) is 6.43. The highest BCUT2D eigenvalue weighted by molar-refractivity contribution is 7.99. The van der Waals surface area contributed by atoms with E-state index in [2.05, 4.69) is 12.2 Å². The molecule has 0 unspecified atom stereocenters. The molecule has 0 spiro atoms. The Bertz CT molecular complexity index is 76.6. The molecule has 1 N–H and O–H groups in total. The van der Waals surface area contributed by atoms with E-state index in [0.29, 0.717) is 5.54 Å². The van der Waals surface area contributed by atoms with Crippen molar-refractivity contribution in [2.75, 3.05) is 18.6 Å². The molecule has 1 aliphatic rings. The molecule has 0 amide bonds. The summed E-state index contributed by atoms with van der Waals surface area (Å²) in [5, 5.41) is 3.32. The van der Waals surface area contributed by atoms with Gasteiger partial charge in [0.1, 0.15) is 0 Å². The van der Waals surface area contributed by atoms with Crippen molar-refractivity contribution in [1.29, 1.82) is 0 Å². The molecule has 48 valence electrons. The summed E-state index contributed by atoms with van der Waals surface area (Å²) >= 11 is 2.04. The van der Waals surface area contributed by atoms with Gasteiger partial charge in [-0.05, 0) is 26.1 Å². The molecule has 1 saturated heterocycles. The first-order valence-electron chi connectivity index (χ1n) is 3.03. The van der Waals surface area contributed by atoms with E-state index in [0.717, 1.165) is 0 Å². The third-order valence-electron chi connectivity index (χ3n) is 1.82. The van der Waals surface area contributed by atoms with Crippen molar-refractivity contribution in [3.8, 4) is 0 Å². The van der Waals surface area contributed by atoms with Crippen LogP contribution in [0.2, 0.25) is 0 Å². The van der Waals surface area contributed by atoms with Gasteiger partial charge in [0.15, 0.2) is 0 Å². The van der Waals surface area contributed by atoms with E-state index in [1.807, 2.05) is 18.8 Å². The van der Waals surface area contributed by atoms with Gasteiger partial charge in [0.05, 0.1) is 0 Å². The molecule has 1 nitrogen and oxygen atoms in total. The van der Waals surface area contributed by atoms with Gasteiger partial charge in [0.2, 0.25) is 0 Å². The summed E-state index contributed by atoms with van der Waals surface area (Å²) in [5.41, 5.74) is 0.449. The number of nitrogens with one attached hydrogen (secondary N) is 1. The SMILES string of the molecule is CN[C@@]1(C)CCSC1. The molecule has 0 saturated carbocycles. The van der Waals surface area contributed by atoms with Gasteiger partial charge < -0.3 is 5.32 Å². The van der Waals surface area contributed by atoms with Crippen LogP contribution in [0, 0.1) is 0 Å². The lowest BCUT2D eigenvalue weighted by molar-refractivity contribution is 0.436. The van der Waals surface area contributed by atoms with Crippen LogP contribution >= 0.6 is 11.8 Å². The summed E-state index contributed by atoms with van der Waals surface area (Å²) in [4.78, 5) is 0. The highest BCUT2D eigenvalue weighted by Gasteiger charge is 2.26. The molecule has 8 heavy (non-hydrogen) atoms. The number of rotatable bonds is 1. The third kappa shape index (κ3) is 1.17. The Balaban J connectivity index is 2.40. The topological polar surface area (TPSA) is 12.0 Å². The average Bonchev–Trinajstić information content (AvgIpc) is 2.17. The molecule has 1 rings (SSSR count). The van der Waals surface area contributed by atoms with Crippen molar-refractivity contribution in [3.63, 3.8) is 0 Å². The van der Waals surface area contributed by atoms with Crippen molar-refractivity contribution < 1.29 is 0 Å². The quantitative estimate of drug-likeness (QED) is 0.572. The van der Waals surface area contributed by atoms with Gasteiger partial charge in [-0.1, -0.05) is 0 Å². The molecule has 0 bridgehead atoms. The van der Waals surface area contributed by atoms with Crippen LogP contribution in [0.25, 0.3) is 0 Å². The maximum absolute atomic E-state index is 3.32. The highest BCUT2D eigenvalue weighted by Crippen LogP contribution is 2.26. The molecule has 0 aromatic heterocycles. The van der Waals surface area contributed by atoms with Crippen LogP contribution in [0.1, 0.15) is 13.3 Å². The summed E-state index contributed by atoms with van der Waals surface area (Å²) < 4.78 is 0. The zero-order chi connectivity index (χ0) is 6.04. The van der Waals surface area contributed by atoms with Crippen molar-refractivity contribution in [2.45, 2.75) is 18.9 Å².